The Morgan fingerprint density at radius 1 is 1.47 bits per heavy atom. The van der Waals surface area contributed by atoms with Crippen LogP contribution in [0.4, 0.5) is 0 Å². The van der Waals surface area contributed by atoms with Gasteiger partial charge >= 0.3 is 0 Å². The second-order valence-corrected chi connectivity index (χ2v) is 4.22. The molecule has 0 atom stereocenters. The van der Waals surface area contributed by atoms with Gasteiger partial charge in [-0.3, -0.25) is 9.48 Å². The summed E-state index contributed by atoms with van der Waals surface area (Å²) in [6.07, 6.45) is 5.11. The van der Waals surface area contributed by atoms with Crippen molar-refractivity contribution in [3.8, 4) is 0 Å². The van der Waals surface area contributed by atoms with Crippen molar-refractivity contribution in [3.63, 3.8) is 0 Å². The van der Waals surface area contributed by atoms with Gasteiger partial charge in [0, 0.05) is 25.4 Å². The Balaban J connectivity index is 1.77. The van der Waals surface area contributed by atoms with Gasteiger partial charge in [0.2, 0.25) is 0 Å². The molecular formula is C11H12N2OS. The van der Waals surface area contributed by atoms with Gasteiger partial charge in [-0.25, -0.2) is 0 Å². The minimum atomic E-state index is 0.233. The summed E-state index contributed by atoms with van der Waals surface area (Å²) in [5.41, 5.74) is 0. The molecule has 0 amide bonds. The molecule has 0 aliphatic heterocycles. The number of aryl methyl sites for hydroxylation is 1. The van der Waals surface area contributed by atoms with E-state index in [0.29, 0.717) is 6.42 Å². The van der Waals surface area contributed by atoms with Crippen LogP contribution < -0.4 is 0 Å². The minimum absolute atomic E-state index is 0.233. The maximum Gasteiger partial charge on any atom is 0.172 e. The fourth-order valence-electron chi connectivity index (χ4n) is 1.39. The summed E-state index contributed by atoms with van der Waals surface area (Å²) < 4.78 is 1.85. The van der Waals surface area contributed by atoms with Crippen molar-refractivity contribution in [3.05, 3.63) is 40.8 Å². The molecule has 78 valence electrons. The Morgan fingerprint density at radius 3 is 3.07 bits per heavy atom. The third-order valence-corrected chi connectivity index (χ3v) is 3.06. The van der Waals surface area contributed by atoms with Crippen LogP contribution in [-0.4, -0.2) is 15.6 Å². The minimum Gasteiger partial charge on any atom is -0.293 e. The summed E-state index contributed by atoms with van der Waals surface area (Å²) in [6.45, 7) is 0.810. The van der Waals surface area contributed by atoms with Crippen molar-refractivity contribution in [2.75, 3.05) is 0 Å². The lowest BCUT2D eigenvalue weighted by molar-refractivity contribution is 0.0982. The van der Waals surface area contributed by atoms with Gasteiger partial charge in [0.25, 0.3) is 0 Å². The van der Waals surface area contributed by atoms with Crippen molar-refractivity contribution in [2.45, 2.75) is 19.4 Å². The zero-order valence-electron chi connectivity index (χ0n) is 8.30. The quantitative estimate of drug-likeness (QED) is 0.726. The fraction of sp³-hybridized carbons (Fsp3) is 0.273. The molecule has 4 heteroatoms. The van der Waals surface area contributed by atoms with Gasteiger partial charge in [0.1, 0.15) is 0 Å². The number of carbonyl (C=O) groups is 1. The van der Waals surface area contributed by atoms with Gasteiger partial charge in [-0.15, -0.1) is 11.3 Å². The van der Waals surface area contributed by atoms with Crippen LogP contribution in [0, 0.1) is 0 Å². The Morgan fingerprint density at radius 2 is 2.40 bits per heavy atom. The Bertz CT molecular complexity index is 406. The Kier molecular flexibility index (Phi) is 3.29. The van der Waals surface area contributed by atoms with Crippen molar-refractivity contribution >= 4 is 17.1 Å². The molecule has 0 aliphatic rings. The molecule has 0 bridgehead atoms. The van der Waals surface area contributed by atoms with Crippen LogP contribution in [0.15, 0.2) is 36.0 Å². The monoisotopic (exact) mass is 220 g/mol. The number of hydrogen-bond donors (Lipinski definition) is 0. The van der Waals surface area contributed by atoms with E-state index in [9.17, 15) is 4.79 Å². The largest absolute Gasteiger partial charge is 0.293 e. The average molecular weight is 220 g/mol. The van der Waals surface area contributed by atoms with Crippen LogP contribution >= 0.6 is 11.3 Å². The summed E-state index contributed by atoms with van der Waals surface area (Å²) >= 11 is 1.51. The maximum absolute atomic E-state index is 11.6. The van der Waals surface area contributed by atoms with E-state index in [0.717, 1.165) is 17.8 Å². The molecular weight excluding hydrogens is 208 g/mol. The zero-order chi connectivity index (χ0) is 10.5. The van der Waals surface area contributed by atoms with Crippen molar-refractivity contribution in [2.24, 2.45) is 0 Å². The molecule has 0 saturated heterocycles. The fourth-order valence-corrected chi connectivity index (χ4v) is 2.09. The highest BCUT2D eigenvalue weighted by Gasteiger charge is 2.05. The number of ketones is 1. The van der Waals surface area contributed by atoms with E-state index in [2.05, 4.69) is 5.10 Å². The lowest BCUT2D eigenvalue weighted by Gasteiger charge is -1.99. The predicted octanol–water partition coefficient (Wildman–Crippen LogP) is 2.61. The topological polar surface area (TPSA) is 34.9 Å². The first-order chi connectivity index (χ1) is 7.36. The van der Waals surface area contributed by atoms with E-state index in [1.165, 1.54) is 11.3 Å². The SMILES string of the molecule is O=C(CCCn1cccn1)c1cccs1. The molecule has 0 aliphatic carbocycles. The third kappa shape index (κ3) is 2.76. The Labute approximate surface area is 92.4 Å². The molecule has 0 aromatic carbocycles. The normalized spacial score (nSPS) is 10.4. The van der Waals surface area contributed by atoms with Crippen LogP contribution in [0.2, 0.25) is 0 Å². The second kappa shape index (κ2) is 4.89. The number of Topliss-reactive ketones (excluding diaryl/α,β-unsaturated/α-hetero) is 1. The first-order valence-corrected chi connectivity index (χ1v) is 5.78. The van der Waals surface area contributed by atoms with Crippen LogP contribution in [-0.2, 0) is 6.54 Å². The first kappa shape index (κ1) is 10.1. The summed E-state index contributed by atoms with van der Waals surface area (Å²) in [5.74, 6) is 0.233. The highest BCUT2D eigenvalue weighted by atomic mass is 32.1. The molecule has 0 unspecified atom stereocenters. The highest BCUT2D eigenvalue weighted by Crippen LogP contribution is 2.12. The van der Waals surface area contributed by atoms with E-state index in [4.69, 9.17) is 0 Å². The lowest BCUT2D eigenvalue weighted by Crippen LogP contribution is -2.02. The van der Waals surface area contributed by atoms with E-state index >= 15 is 0 Å². The molecule has 0 saturated carbocycles. The molecule has 15 heavy (non-hydrogen) atoms. The third-order valence-electron chi connectivity index (χ3n) is 2.15. The number of carbonyl (C=O) groups excluding carboxylic acids is 1. The number of hydrogen-bond acceptors (Lipinski definition) is 3. The molecule has 0 spiro atoms. The van der Waals surface area contributed by atoms with Crippen LogP contribution in [0.25, 0.3) is 0 Å². The summed E-state index contributed by atoms with van der Waals surface area (Å²) in [7, 11) is 0. The smallest absolute Gasteiger partial charge is 0.172 e. The van der Waals surface area contributed by atoms with E-state index in [1.54, 1.807) is 6.20 Å². The molecule has 2 aromatic rings. The highest BCUT2D eigenvalue weighted by molar-refractivity contribution is 7.12. The standard InChI is InChI=1S/C11H12N2OS/c14-10(11-5-2-9-15-11)4-1-7-13-8-3-6-12-13/h2-3,5-6,8-9H,1,4,7H2. The number of aromatic nitrogens is 2. The number of rotatable bonds is 5. The summed E-state index contributed by atoms with van der Waals surface area (Å²) in [5, 5.41) is 6.02. The van der Waals surface area contributed by atoms with Gasteiger partial charge in [-0.05, 0) is 23.9 Å². The van der Waals surface area contributed by atoms with Crippen LogP contribution in [0.5, 0.6) is 0 Å². The van der Waals surface area contributed by atoms with Crippen molar-refractivity contribution in [1.29, 1.82) is 0 Å². The molecule has 2 rings (SSSR count). The molecule has 0 radical (unpaired) electrons. The van der Waals surface area contributed by atoms with Gasteiger partial charge in [-0.1, -0.05) is 6.07 Å². The first-order valence-electron chi connectivity index (χ1n) is 4.90. The Hall–Kier alpha value is -1.42. The van der Waals surface area contributed by atoms with E-state index in [-0.39, 0.29) is 5.78 Å². The predicted molar refractivity (Wildman–Crippen MR) is 60.1 cm³/mol. The van der Waals surface area contributed by atoms with Crippen molar-refractivity contribution < 1.29 is 4.79 Å². The van der Waals surface area contributed by atoms with E-state index < -0.39 is 0 Å². The van der Waals surface area contributed by atoms with Gasteiger partial charge < -0.3 is 0 Å². The summed E-state index contributed by atoms with van der Waals surface area (Å²) in [6, 6.07) is 5.67. The summed E-state index contributed by atoms with van der Waals surface area (Å²) in [4.78, 5) is 12.5. The lowest BCUT2D eigenvalue weighted by atomic mass is 10.2. The molecule has 0 fully saturated rings. The van der Waals surface area contributed by atoms with Crippen LogP contribution in [0.3, 0.4) is 0 Å². The van der Waals surface area contributed by atoms with Crippen LogP contribution in [0.1, 0.15) is 22.5 Å². The zero-order valence-corrected chi connectivity index (χ0v) is 9.11. The van der Waals surface area contributed by atoms with E-state index in [1.807, 2.05) is 34.5 Å². The van der Waals surface area contributed by atoms with Gasteiger partial charge in [0.15, 0.2) is 5.78 Å². The number of nitrogens with zero attached hydrogens (tertiary/aromatic N) is 2. The average Bonchev–Trinajstić information content (AvgIpc) is 2.90. The molecule has 2 aromatic heterocycles. The molecule has 2 heterocycles. The molecule has 0 N–H and O–H groups in total. The van der Waals surface area contributed by atoms with Gasteiger partial charge in [-0.2, -0.15) is 5.10 Å². The van der Waals surface area contributed by atoms with Crippen molar-refractivity contribution in [1.82, 2.24) is 9.78 Å². The maximum atomic E-state index is 11.6. The molecule has 3 nitrogen and oxygen atoms in total. The van der Waals surface area contributed by atoms with Gasteiger partial charge in [0.05, 0.1) is 4.88 Å². The number of thiophene rings is 1. The second-order valence-electron chi connectivity index (χ2n) is 3.27.